The number of carbonyl (C=O) groups excluding carboxylic acids is 1. The Morgan fingerprint density at radius 3 is 2.64 bits per heavy atom. The van der Waals surface area contributed by atoms with Crippen molar-refractivity contribution in [3.8, 4) is 11.7 Å². The molecule has 1 saturated carbocycles. The number of aromatic nitrogens is 3. The standard InChI is InChI=1S/C22H25F3N4O3S/c1-19(2)12-20(3,33)18-29(19)16-13(17(30)32-18)4-5-14(26-16)28-10-6-15(27-28)31-11-9-21(7-8-21)22(23,24)25/h4-6,10,18,33H,7-9,11-12H2,1-3H3/t18?,20-/m1/s1. The fourth-order valence-electron chi connectivity index (χ4n) is 4.98. The zero-order valence-electron chi connectivity index (χ0n) is 18.5. The summed E-state index contributed by atoms with van der Waals surface area (Å²) in [5.74, 6) is 0.713. The Morgan fingerprint density at radius 1 is 1.24 bits per heavy atom. The first-order chi connectivity index (χ1) is 15.3. The number of nitrogens with zero attached hydrogens (tertiary/aromatic N) is 4. The molecule has 0 N–H and O–H groups in total. The average molecular weight is 483 g/mol. The second-order valence-electron chi connectivity index (χ2n) is 9.99. The van der Waals surface area contributed by atoms with Crippen LogP contribution in [0.1, 0.15) is 56.8 Å². The molecule has 0 amide bonds. The van der Waals surface area contributed by atoms with Crippen LogP contribution in [-0.2, 0) is 4.74 Å². The second kappa shape index (κ2) is 7.04. The lowest BCUT2D eigenvalue weighted by molar-refractivity contribution is -0.190. The Hall–Kier alpha value is -2.43. The van der Waals surface area contributed by atoms with E-state index in [2.05, 4.69) is 5.10 Å². The molecule has 7 nitrogen and oxygen atoms in total. The van der Waals surface area contributed by atoms with E-state index < -0.39 is 28.5 Å². The number of anilines is 1. The molecule has 0 bridgehead atoms. The molecular weight excluding hydrogens is 457 g/mol. The number of thiol groups is 1. The van der Waals surface area contributed by atoms with Crippen molar-refractivity contribution in [2.45, 2.75) is 69.1 Å². The first-order valence-corrected chi connectivity index (χ1v) is 11.3. The van der Waals surface area contributed by atoms with Gasteiger partial charge in [0.25, 0.3) is 0 Å². The van der Waals surface area contributed by atoms with E-state index in [1.54, 1.807) is 24.4 Å². The minimum absolute atomic E-state index is 0.0653. The summed E-state index contributed by atoms with van der Waals surface area (Å²) in [4.78, 5) is 19.3. The first kappa shape index (κ1) is 22.4. The van der Waals surface area contributed by atoms with Gasteiger partial charge in [0.15, 0.2) is 12.0 Å². The highest BCUT2D eigenvalue weighted by Gasteiger charge is 2.62. The van der Waals surface area contributed by atoms with Gasteiger partial charge < -0.3 is 14.4 Å². The van der Waals surface area contributed by atoms with Gasteiger partial charge in [0.1, 0.15) is 11.4 Å². The van der Waals surface area contributed by atoms with E-state index >= 15 is 0 Å². The first-order valence-electron chi connectivity index (χ1n) is 10.8. The molecule has 2 fully saturated rings. The van der Waals surface area contributed by atoms with Gasteiger partial charge in [0.2, 0.25) is 5.88 Å². The van der Waals surface area contributed by atoms with Crippen LogP contribution >= 0.6 is 12.6 Å². The summed E-state index contributed by atoms with van der Waals surface area (Å²) in [7, 11) is 0. The molecule has 0 aromatic carbocycles. The fraction of sp³-hybridized carbons (Fsp3) is 0.591. The molecule has 33 heavy (non-hydrogen) atoms. The lowest BCUT2D eigenvalue weighted by Gasteiger charge is -2.41. The highest BCUT2D eigenvalue weighted by Crippen LogP contribution is 2.59. The zero-order valence-corrected chi connectivity index (χ0v) is 19.4. The molecule has 3 aliphatic rings. The maximum Gasteiger partial charge on any atom is 0.394 e. The number of hydrogen-bond acceptors (Lipinski definition) is 7. The van der Waals surface area contributed by atoms with Gasteiger partial charge in [-0.1, -0.05) is 0 Å². The molecule has 0 radical (unpaired) electrons. The molecule has 0 spiro atoms. The number of halogens is 3. The minimum atomic E-state index is -4.20. The molecule has 4 heterocycles. The predicted octanol–water partition coefficient (Wildman–Crippen LogP) is 4.55. The number of alkyl halides is 3. The molecule has 11 heteroatoms. The molecular formula is C22H25F3N4O3S. The summed E-state index contributed by atoms with van der Waals surface area (Å²) in [5, 5.41) is 4.30. The molecule has 178 valence electrons. The van der Waals surface area contributed by atoms with Crippen LogP contribution in [-0.4, -0.2) is 50.0 Å². The number of carbonyl (C=O) groups is 1. The summed E-state index contributed by atoms with van der Waals surface area (Å²) in [6.45, 7) is 5.97. The van der Waals surface area contributed by atoms with Gasteiger partial charge in [0, 0.05) is 17.8 Å². The molecule has 2 aromatic rings. The highest BCUT2D eigenvalue weighted by atomic mass is 32.1. The van der Waals surface area contributed by atoms with E-state index in [-0.39, 0.29) is 37.3 Å². The smallest absolute Gasteiger partial charge is 0.394 e. The number of ether oxygens (including phenoxy) is 2. The molecule has 1 saturated heterocycles. The van der Waals surface area contributed by atoms with Crippen molar-refractivity contribution in [2.75, 3.05) is 11.5 Å². The van der Waals surface area contributed by atoms with E-state index in [0.29, 0.717) is 23.6 Å². The number of pyridine rings is 1. The fourth-order valence-corrected chi connectivity index (χ4v) is 5.54. The molecule has 2 aromatic heterocycles. The van der Waals surface area contributed by atoms with Crippen LogP contribution in [0.5, 0.6) is 5.88 Å². The number of hydrogen-bond donors (Lipinski definition) is 1. The van der Waals surface area contributed by atoms with Crippen LogP contribution in [0.15, 0.2) is 24.4 Å². The van der Waals surface area contributed by atoms with Gasteiger partial charge in [-0.15, -0.1) is 5.10 Å². The Bertz CT molecular complexity index is 1110. The van der Waals surface area contributed by atoms with Crippen LogP contribution in [0, 0.1) is 5.41 Å². The third kappa shape index (κ3) is 3.64. The molecule has 2 atom stereocenters. The molecule has 1 aliphatic carbocycles. The van der Waals surface area contributed by atoms with E-state index in [1.165, 1.54) is 4.68 Å². The van der Waals surface area contributed by atoms with Crippen molar-refractivity contribution in [2.24, 2.45) is 5.41 Å². The lowest BCUT2D eigenvalue weighted by Crippen LogP contribution is -2.51. The predicted molar refractivity (Wildman–Crippen MR) is 117 cm³/mol. The summed E-state index contributed by atoms with van der Waals surface area (Å²) in [6.07, 6.45) is -2.24. The topological polar surface area (TPSA) is 69.5 Å². The molecule has 1 unspecified atom stereocenters. The Kier molecular flexibility index (Phi) is 4.77. The number of rotatable bonds is 5. The van der Waals surface area contributed by atoms with Crippen LogP contribution in [0.2, 0.25) is 0 Å². The quantitative estimate of drug-likeness (QED) is 0.498. The van der Waals surface area contributed by atoms with Crippen molar-refractivity contribution in [1.29, 1.82) is 0 Å². The van der Waals surface area contributed by atoms with Crippen molar-refractivity contribution in [3.63, 3.8) is 0 Å². The van der Waals surface area contributed by atoms with Crippen LogP contribution in [0.3, 0.4) is 0 Å². The summed E-state index contributed by atoms with van der Waals surface area (Å²) in [6, 6.07) is 4.86. The van der Waals surface area contributed by atoms with Crippen LogP contribution in [0.25, 0.3) is 5.82 Å². The number of esters is 1. The monoisotopic (exact) mass is 482 g/mol. The van der Waals surface area contributed by atoms with E-state index in [9.17, 15) is 18.0 Å². The minimum Gasteiger partial charge on any atom is -0.477 e. The SMILES string of the molecule is CC1(C)C[C@@](C)(S)C2OC(=O)c3ccc(-n4ccc(OCCC5(C(F)(F)F)CC5)n4)nc3N21. The normalized spacial score (nSPS) is 27.1. The average Bonchev–Trinajstić information content (AvgIpc) is 3.31. The van der Waals surface area contributed by atoms with Crippen molar-refractivity contribution < 1.29 is 27.4 Å². The Morgan fingerprint density at radius 2 is 1.97 bits per heavy atom. The molecule has 2 aliphatic heterocycles. The summed E-state index contributed by atoms with van der Waals surface area (Å²) in [5.41, 5.74) is -1.59. The van der Waals surface area contributed by atoms with Gasteiger partial charge in [0.05, 0.1) is 16.8 Å². The third-order valence-corrected chi connectivity index (χ3v) is 7.20. The van der Waals surface area contributed by atoms with Gasteiger partial charge >= 0.3 is 12.1 Å². The van der Waals surface area contributed by atoms with Gasteiger partial charge in [-0.25, -0.2) is 14.5 Å². The Labute approximate surface area is 194 Å². The highest BCUT2D eigenvalue weighted by molar-refractivity contribution is 7.81. The maximum atomic E-state index is 13.1. The number of fused-ring (bicyclic) bond motifs is 3. The van der Waals surface area contributed by atoms with E-state index in [0.717, 1.165) is 0 Å². The summed E-state index contributed by atoms with van der Waals surface area (Å²) < 4.78 is 51.4. The largest absolute Gasteiger partial charge is 0.477 e. The summed E-state index contributed by atoms with van der Waals surface area (Å²) >= 11 is 4.74. The maximum absolute atomic E-state index is 13.1. The van der Waals surface area contributed by atoms with Crippen molar-refractivity contribution >= 4 is 24.4 Å². The third-order valence-electron chi connectivity index (χ3n) is 6.82. The van der Waals surface area contributed by atoms with Gasteiger partial charge in [-0.05, 0) is 58.6 Å². The van der Waals surface area contributed by atoms with Crippen molar-refractivity contribution in [3.05, 3.63) is 30.0 Å². The van der Waals surface area contributed by atoms with Crippen LogP contribution in [0.4, 0.5) is 19.0 Å². The second-order valence-corrected chi connectivity index (χ2v) is 11.0. The Balaban J connectivity index is 1.37. The van der Waals surface area contributed by atoms with Crippen molar-refractivity contribution in [1.82, 2.24) is 14.8 Å². The van der Waals surface area contributed by atoms with E-state index in [1.807, 2.05) is 25.7 Å². The van der Waals surface area contributed by atoms with Gasteiger partial charge in [-0.2, -0.15) is 25.8 Å². The zero-order chi connectivity index (χ0) is 23.8. The van der Waals surface area contributed by atoms with Crippen LogP contribution < -0.4 is 9.64 Å². The van der Waals surface area contributed by atoms with Gasteiger partial charge in [-0.3, -0.25) is 0 Å². The van der Waals surface area contributed by atoms with E-state index in [4.69, 9.17) is 27.1 Å². The lowest BCUT2D eigenvalue weighted by atomic mass is 9.96. The molecule has 5 rings (SSSR count).